The second-order valence-electron chi connectivity index (χ2n) is 11.2. The van der Waals surface area contributed by atoms with Crippen LogP contribution in [0.1, 0.15) is 30.4 Å². The third-order valence-electron chi connectivity index (χ3n) is 8.39. The van der Waals surface area contributed by atoms with Gasteiger partial charge in [0.05, 0.1) is 5.52 Å². The first-order valence-electron chi connectivity index (χ1n) is 14.7. The van der Waals surface area contributed by atoms with Gasteiger partial charge in [-0.2, -0.15) is 0 Å². The fourth-order valence-electron chi connectivity index (χ4n) is 6.06. The van der Waals surface area contributed by atoms with Gasteiger partial charge in [-0.05, 0) is 58.0 Å². The van der Waals surface area contributed by atoms with Crippen molar-refractivity contribution in [1.29, 1.82) is 0 Å². The standard InChI is InChI=1S/C39H28N4/c1-25-7-4-11-31-24-33(20-21-34(25)31)39-42-37(41-38(43-39)32-19-14-26-8-2-3-9-30(26)23-32)29-17-15-27(16-18-29)35-13-5-10-28-12-6-22-40-36(28)35/h2-6,8-25H,7H2,1H3. The van der Waals surface area contributed by atoms with Crippen molar-refractivity contribution in [2.45, 2.75) is 19.3 Å². The SMILES string of the molecule is CC1CC=Cc2cc(-c3nc(-c4ccc(-c5cccc6cccnc56)cc4)nc(-c4ccc5ccccc5c4)n3)ccc21. The molecular formula is C39H28N4. The van der Waals surface area contributed by atoms with Crippen LogP contribution in [0.5, 0.6) is 0 Å². The van der Waals surface area contributed by atoms with E-state index in [0.717, 1.165) is 50.5 Å². The second-order valence-corrected chi connectivity index (χ2v) is 11.2. The van der Waals surface area contributed by atoms with E-state index in [9.17, 15) is 0 Å². The lowest BCUT2D eigenvalue weighted by molar-refractivity contribution is 0.772. The van der Waals surface area contributed by atoms with E-state index in [-0.39, 0.29) is 0 Å². The lowest BCUT2D eigenvalue weighted by atomic mass is 9.87. The molecule has 1 aliphatic rings. The van der Waals surface area contributed by atoms with Crippen LogP contribution in [0.4, 0.5) is 0 Å². The molecule has 2 aromatic heterocycles. The van der Waals surface area contributed by atoms with Crippen LogP contribution < -0.4 is 0 Å². The van der Waals surface area contributed by atoms with Gasteiger partial charge in [0.15, 0.2) is 17.5 Å². The molecule has 0 amide bonds. The van der Waals surface area contributed by atoms with Crippen molar-refractivity contribution in [1.82, 2.24) is 19.9 Å². The molecule has 0 saturated heterocycles. The number of fused-ring (bicyclic) bond motifs is 3. The largest absolute Gasteiger partial charge is 0.256 e. The molecule has 0 fully saturated rings. The van der Waals surface area contributed by atoms with Gasteiger partial charge in [0.25, 0.3) is 0 Å². The minimum absolute atomic E-state index is 0.506. The molecule has 1 aliphatic carbocycles. The number of pyridine rings is 1. The van der Waals surface area contributed by atoms with Gasteiger partial charge in [-0.15, -0.1) is 0 Å². The van der Waals surface area contributed by atoms with E-state index in [1.54, 1.807) is 0 Å². The van der Waals surface area contributed by atoms with Gasteiger partial charge in [0.2, 0.25) is 0 Å². The molecule has 4 heteroatoms. The minimum Gasteiger partial charge on any atom is -0.256 e. The van der Waals surface area contributed by atoms with Crippen LogP contribution in [0.15, 0.2) is 128 Å². The molecule has 43 heavy (non-hydrogen) atoms. The summed E-state index contributed by atoms with van der Waals surface area (Å²) in [4.78, 5) is 19.7. The van der Waals surface area contributed by atoms with Crippen LogP contribution in [0, 0.1) is 0 Å². The highest BCUT2D eigenvalue weighted by molar-refractivity contribution is 5.93. The molecular weight excluding hydrogens is 524 g/mol. The lowest BCUT2D eigenvalue weighted by Crippen LogP contribution is -2.03. The normalized spacial score (nSPS) is 14.2. The first-order valence-corrected chi connectivity index (χ1v) is 14.7. The predicted molar refractivity (Wildman–Crippen MR) is 176 cm³/mol. The Kier molecular flexibility index (Phi) is 6.11. The summed E-state index contributed by atoms with van der Waals surface area (Å²) >= 11 is 0. The van der Waals surface area contributed by atoms with E-state index in [1.165, 1.54) is 16.5 Å². The highest BCUT2D eigenvalue weighted by atomic mass is 15.0. The number of allylic oxidation sites excluding steroid dienone is 1. The number of benzene rings is 5. The average molecular weight is 553 g/mol. The van der Waals surface area contributed by atoms with Crippen LogP contribution in [0.25, 0.3) is 73.0 Å². The maximum Gasteiger partial charge on any atom is 0.164 e. The van der Waals surface area contributed by atoms with E-state index in [0.29, 0.717) is 23.4 Å². The molecule has 0 N–H and O–H groups in total. The third-order valence-corrected chi connectivity index (χ3v) is 8.39. The number of para-hydroxylation sites is 1. The molecule has 1 unspecified atom stereocenters. The summed E-state index contributed by atoms with van der Waals surface area (Å²) in [5.41, 5.74) is 8.70. The van der Waals surface area contributed by atoms with E-state index < -0.39 is 0 Å². The summed E-state index contributed by atoms with van der Waals surface area (Å²) in [6.45, 7) is 2.28. The number of aromatic nitrogens is 4. The van der Waals surface area contributed by atoms with E-state index in [2.05, 4.69) is 133 Å². The van der Waals surface area contributed by atoms with Gasteiger partial charge in [0, 0.05) is 33.8 Å². The maximum atomic E-state index is 5.02. The quantitative estimate of drug-likeness (QED) is 0.218. The lowest BCUT2D eigenvalue weighted by Gasteiger charge is -2.18. The maximum absolute atomic E-state index is 5.02. The van der Waals surface area contributed by atoms with Crippen molar-refractivity contribution in [3.8, 4) is 45.3 Å². The Hall–Kier alpha value is -5.48. The van der Waals surface area contributed by atoms with Crippen molar-refractivity contribution in [3.05, 3.63) is 139 Å². The molecule has 5 aromatic carbocycles. The van der Waals surface area contributed by atoms with Gasteiger partial charge in [-0.1, -0.05) is 116 Å². The topological polar surface area (TPSA) is 51.6 Å². The molecule has 0 bridgehead atoms. The van der Waals surface area contributed by atoms with E-state index >= 15 is 0 Å². The monoisotopic (exact) mass is 552 g/mol. The molecule has 7 aromatic rings. The summed E-state index contributed by atoms with van der Waals surface area (Å²) in [6, 6.07) is 40.1. The summed E-state index contributed by atoms with van der Waals surface area (Å²) < 4.78 is 0. The number of hydrogen-bond donors (Lipinski definition) is 0. The number of rotatable bonds is 4. The summed E-state index contributed by atoms with van der Waals surface area (Å²) in [5, 5.41) is 3.47. The highest BCUT2D eigenvalue weighted by Gasteiger charge is 2.17. The second kappa shape index (κ2) is 10.4. The van der Waals surface area contributed by atoms with Crippen molar-refractivity contribution < 1.29 is 0 Å². The fourth-order valence-corrected chi connectivity index (χ4v) is 6.06. The summed E-state index contributed by atoms with van der Waals surface area (Å²) in [6.07, 6.45) is 7.38. The van der Waals surface area contributed by atoms with Crippen molar-refractivity contribution in [3.63, 3.8) is 0 Å². The Morgan fingerprint density at radius 2 is 1.21 bits per heavy atom. The third kappa shape index (κ3) is 4.67. The Labute approximate surface area is 250 Å². The average Bonchev–Trinajstić information content (AvgIpc) is 3.07. The van der Waals surface area contributed by atoms with Gasteiger partial charge in [-0.3, -0.25) is 4.98 Å². The van der Waals surface area contributed by atoms with Crippen LogP contribution in [0.3, 0.4) is 0 Å². The number of hydrogen-bond acceptors (Lipinski definition) is 4. The van der Waals surface area contributed by atoms with Crippen molar-refractivity contribution in [2.75, 3.05) is 0 Å². The van der Waals surface area contributed by atoms with E-state index in [4.69, 9.17) is 15.0 Å². The molecule has 204 valence electrons. The van der Waals surface area contributed by atoms with Crippen LogP contribution in [0.2, 0.25) is 0 Å². The predicted octanol–water partition coefficient (Wildman–Crippen LogP) is 9.76. The van der Waals surface area contributed by atoms with Gasteiger partial charge in [-0.25, -0.2) is 15.0 Å². The fraction of sp³-hybridized carbons (Fsp3) is 0.0769. The van der Waals surface area contributed by atoms with Crippen molar-refractivity contribution in [2.24, 2.45) is 0 Å². The highest BCUT2D eigenvalue weighted by Crippen LogP contribution is 2.34. The smallest absolute Gasteiger partial charge is 0.164 e. The molecule has 0 aliphatic heterocycles. The molecule has 8 rings (SSSR count). The molecule has 1 atom stereocenters. The van der Waals surface area contributed by atoms with Crippen LogP contribution in [-0.4, -0.2) is 19.9 Å². The molecule has 4 nitrogen and oxygen atoms in total. The Morgan fingerprint density at radius 3 is 2.05 bits per heavy atom. The molecule has 2 heterocycles. The Morgan fingerprint density at radius 1 is 0.558 bits per heavy atom. The zero-order valence-electron chi connectivity index (χ0n) is 23.8. The molecule has 0 radical (unpaired) electrons. The van der Waals surface area contributed by atoms with Gasteiger partial charge in [0.1, 0.15) is 0 Å². The first-order chi connectivity index (χ1) is 21.2. The Bertz CT molecular complexity index is 2170. The number of nitrogens with zero attached hydrogens (tertiary/aromatic N) is 4. The van der Waals surface area contributed by atoms with E-state index in [1.807, 2.05) is 12.3 Å². The van der Waals surface area contributed by atoms with Gasteiger partial charge >= 0.3 is 0 Å². The summed E-state index contributed by atoms with van der Waals surface area (Å²) in [5.74, 6) is 2.49. The first kappa shape index (κ1) is 25.2. The molecule has 0 saturated carbocycles. The molecule has 0 spiro atoms. The minimum atomic E-state index is 0.506. The van der Waals surface area contributed by atoms with Gasteiger partial charge < -0.3 is 0 Å². The summed E-state index contributed by atoms with van der Waals surface area (Å²) in [7, 11) is 0. The van der Waals surface area contributed by atoms with Crippen LogP contribution in [-0.2, 0) is 0 Å². The zero-order valence-corrected chi connectivity index (χ0v) is 23.8. The zero-order chi connectivity index (χ0) is 28.8. The van der Waals surface area contributed by atoms with Crippen molar-refractivity contribution >= 4 is 27.8 Å². The Balaban J connectivity index is 1.26. The van der Waals surface area contributed by atoms with Crippen LogP contribution >= 0.6 is 0 Å².